The summed E-state index contributed by atoms with van der Waals surface area (Å²) in [6.07, 6.45) is 2.31. The number of methoxy groups -OCH3 is 2. The fourth-order valence-electron chi connectivity index (χ4n) is 4.62. The van der Waals surface area contributed by atoms with Gasteiger partial charge in [-0.3, -0.25) is 4.79 Å². The van der Waals surface area contributed by atoms with Crippen molar-refractivity contribution in [3.63, 3.8) is 0 Å². The van der Waals surface area contributed by atoms with Gasteiger partial charge in [0.05, 0.1) is 31.1 Å². The number of halogens is 1. The lowest BCUT2D eigenvalue weighted by atomic mass is 10.0. The second-order valence-electron chi connectivity index (χ2n) is 8.68. The van der Waals surface area contributed by atoms with Gasteiger partial charge in [-0.25, -0.2) is 9.18 Å². The minimum absolute atomic E-state index is 0.243. The Morgan fingerprint density at radius 3 is 2.36 bits per heavy atom. The average Bonchev–Trinajstić information content (AvgIpc) is 3.29. The van der Waals surface area contributed by atoms with Crippen molar-refractivity contribution in [1.82, 2.24) is 9.47 Å². The zero-order chi connectivity index (χ0) is 26.0. The van der Waals surface area contributed by atoms with Crippen molar-refractivity contribution < 1.29 is 23.5 Å². The summed E-state index contributed by atoms with van der Waals surface area (Å²) in [5.41, 5.74) is 4.83. The zero-order valence-corrected chi connectivity index (χ0v) is 21.1. The molecule has 2 heterocycles. The molecule has 6 nitrogen and oxygen atoms in total. The molecule has 4 rings (SSSR count). The topological polar surface area (TPSA) is 60.8 Å². The summed E-state index contributed by atoms with van der Waals surface area (Å²) in [4.78, 5) is 27.8. The molecular weight excluding hydrogens is 459 g/mol. The number of rotatable bonds is 7. The van der Waals surface area contributed by atoms with E-state index in [4.69, 9.17) is 9.47 Å². The number of esters is 1. The minimum atomic E-state index is -0.568. The molecule has 0 saturated carbocycles. The molecule has 1 aromatic heterocycles. The molecule has 1 amide bonds. The Hall–Kier alpha value is -4.13. The molecule has 0 bridgehead atoms. The van der Waals surface area contributed by atoms with Crippen LogP contribution in [0.1, 0.15) is 29.4 Å². The molecule has 7 heteroatoms. The molecule has 0 fully saturated rings. The van der Waals surface area contributed by atoms with Crippen LogP contribution in [0.5, 0.6) is 5.75 Å². The Morgan fingerprint density at radius 2 is 1.72 bits per heavy atom. The van der Waals surface area contributed by atoms with Crippen molar-refractivity contribution in [2.24, 2.45) is 0 Å². The summed E-state index contributed by atoms with van der Waals surface area (Å²) in [6.45, 7) is 5.90. The van der Waals surface area contributed by atoms with E-state index in [2.05, 4.69) is 0 Å². The largest absolute Gasteiger partial charge is 0.497 e. The summed E-state index contributed by atoms with van der Waals surface area (Å²) < 4.78 is 26.5. The third kappa shape index (κ3) is 4.56. The van der Waals surface area contributed by atoms with Crippen molar-refractivity contribution >= 4 is 18.0 Å². The number of benzene rings is 2. The highest BCUT2D eigenvalue weighted by molar-refractivity contribution is 6.16. The normalized spacial score (nSPS) is 14.7. The quantitative estimate of drug-likeness (QED) is 0.341. The Morgan fingerprint density at radius 1 is 1.03 bits per heavy atom. The van der Waals surface area contributed by atoms with Crippen molar-refractivity contribution in [2.45, 2.75) is 27.2 Å². The van der Waals surface area contributed by atoms with Crippen molar-refractivity contribution in [2.75, 3.05) is 20.8 Å². The van der Waals surface area contributed by atoms with E-state index in [1.807, 2.05) is 44.2 Å². The summed E-state index contributed by atoms with van der Waals surface area (Å²) in [7, 11) is 2.91. The molecule has 0 N–H and O–H groups in total. The number of nitrogens with zero attached hydrogens (tertiary/aromatic N) is 2. The number of hydrogen-bond acceptors (Lipinski definition) is 4. The maximum atomic E-state index is 14.5. The molecule has 1 aliphatic heterocycles. The first-order chi connectivity index (χ1) is 17.3. The van der Waals surface area contributed by atoms with E-state index >= 15 is 0 Å². The molecule has 0 atom stereocenters. The number of amides is 1. The lowest BCUT2D eigenvalue weighted by Gasteiger charge is -2.18. The fourth-order valence-corrected chi connectivity index (χ4v) is 4.62. The molecule has 36 heavy (non-hydrogen) atoms. The summed E-state index contributed by atoms with van der Waals surface area (Å²) in [5.74, 6) is -0.413. The van der Waals surface area contributed by atoms with E-state index in [-0.39, 0.29) is 22.9 Å². The average molecular weight is 489 g/mol. The monoisotopic (exact) mass is 488 g/mol. The molecule has 2 aromatic carbocycles. The first kappa shape index (κ1) is 25.0. The van der Waals surface area contributed by atoms with Gasteiger partial charge in [-0.05, 0) is 74.7 Å². The minimum Gasteiger partial charge on any atom is -0.497 e. The number of carbonyl (C=O) groups is 2. The summed E-state index contributed by atoms with van der Waals surface area (Å²) in [5, 5.41) is 0. The van der Waals surface area contributed by atoms with Crippen LogP contribution in [0, 0.1) is 19.7 Å². The van der Waals surface area contributed by atoms with E-state index in [1.165, 1.54) is 13.2 Å². The number of carbonyl (C=O) groups excluding carboxylic acids is 2. The number of ether oxygens (including phenoxy) is 2. The Labute approximate surface area is 210 Å². The van der Waals surface area contributed by atoms with Crippen molar-refractivity contribution in [1.29, 1.82) is 0 Å². The van der Waals surface area contributed by atoms with Crippen LogP contribution in [0.25, 0.3) is 11.8 Å². The van der Waals surface area contributed by atoms with Gasteiger partial charge in [0.25, 0.3) is 5.91 Å². The predicted octanol–water partition coefficient (Wildman–Crippen LogP) is 5.16. The van der Waals surface area contributed by atoms with Crippen LogP contribution in [0.2, 0.25) is 0 Å². The molecule has 1 aliphatic rings. The van der Waals surface area contributed by atoms with Gasteiger partial charge in [0.15, 0.2) is 0 Å². The molecule has 0 aliphatic carbocycles. The number of para-hydroxylation sites is 1. The lowest BCUT2D eigenvalue weighted by Crippen LogP contribution is -2.27. The Kier molecular flexibility index (Phi) is 7.10. The number of aromatic nitrogens is 1. The first-order valence-electron chi connectivity index (χ1n) is 11.7. The smallest absolute Gasteiger partial charge is 0.340 e. The van der Waals surface area contributed by atoms with E-state index < -0.39 is 5.97 Å². The van der Waals surface area contributed by atoms with Gasteiger partial charge in [-0.15, -0.1) is 0 Å². The molecule has 0 saturated heterocycles. The van der Waals surface area contributed by atoms with Crippen LogP contribution in [-0.4, -0.2) is 42.1 Å². The maximum Gasteiger partial charge on any atom is 0.340 e. The molecular formula is C29H29FN2O4. The van der Waals surface area contributed by atoms with Gasteiger partial charge in [0.2, 0.25) is 0 Å². The van der Waals surface area contributed by atoms with Crippen LogP contribution in [0.3, 0.4) is 0 Å². The Bertz CT molecular complexity index is 1380. The van der Waals surface area contributed by atoms with Gasteiger partial charge in [-0.1, -0.05) is 24.3 Å². The molecule has 186 valence electrons. The van der Waals surface area contributed by atoms with E-state index in [0.29, 0.717) is 24.4 Å². The highest BCUT2D eigenvalue weighted by Gasteiger charge is 2.37. The fraction of sp³-hybridized carbons (Fsp3) is 0.241. The standard InChI is InChI=1S/C29H29FN2O4/c1-18-16-22(19(2)32(18)26-9-7-6-8-25(26)30)17-24-27(29(34)36-5)20(3)31(28(24)33)15-14-21-10-12-23(35-4)13-11-21/h6-13,16-17H,14-15H2,1-5H3/b24-17-. The van der Waals surface area contributed by atoms with Gasteiger partial charge >= 0.3 is 5.97 Å². The first-order valence-corrected chi connectivity index (χ1v) is 11.7. The zero-order valence-electron chi connectivity index (χ0n) is 21.1. The van der Waals surface area contributed by atoms with E-state index in [9.17, 15) is 14.0 Å². The van der Waals surface area contributed by atoms with Crippen LogP contribution in [0.4, 0.5) is 4.39 Å². The highest BCUT2D eigenvalue weighted by atomic mass is 19.1. The molecule has 0 spiro atoms. The maximum absolute atomic E-state index is 14.5. The van der Waals surface area contributed by atoms with Crippen LogP contribution >= 0.6 is 0 Å². The van der Waals surface area contributed by atoms with E-state index in [0.717, 1.165) is 28.3 Å². The van der Waals surface area contributed by atoms with Gasteiger partial charge in [0.1, 0.15) is 11.6 Å². The summed E-state index contributed by atoms with van der Waals surface area (Å²) >= 11 is 0. The van der Waals surface area contributed by atoms with Crippen molar-refractivity contribution in [3.05, 3.63) is 99.8 Å². The summed E-state index contributed by atoms with van der Waals surface area (Å²) in [6, 6.07) is 16.1. The third-order valence-corrected chi connectivity index (χ3v) is 6.55. The van der Waals surface area contributed by atoms with Crippen LogP contribution in [0.15, 0.2) is 71.4 Å². The highest BCUT2D eigenvalue weighted by Crippen LogP contribution is 2.33. The molecule has 0 unspecified atom stereocenters. The number of aryl methyl sites for hydroxylation is 1. The molecule has 3 aromatic rings. The predicted molar refractivity (Wildman–Crippen MR) is 136 cm³/mol. The number of hydrogen-bond donors (Lipinski definition) is 0. The lowest BCUT2D eigenvalue weighted by molar-refractivity contribution is -0.136. The van der Waals surface area contributed by atoms with Gasteiger partial charge in [-0.2, -0.15) is 0 Å². The third-order valence-electron chi connectivity index (χ3n) is 6.55. The van der Waals surface area contributed by atoms with Crippen LogP contribution < -0.4 is 4.74 Å². The van der Waals surface area contributed by atoms with E-state index in [1.54, 1.807) is 47.8 Å². The number of allylic oxidation sites excluding steroid dienone is 1. The Balaban J connectivity index is 1.69. The SMILES string of the molecule is COC(=O)C1=C(C)N(CCc2ccc(OC)cc2)C(=O)/C1=C\c1cc(C)n(-c2ccccc2F)c1C. The second kappa shape index (κ2) is 10.2. The van der Waals surface area contributed by atoms with Gasteiger partial charge < -0.3 is 18.9 Å². The van der Waals surface area contributed by atoms with Crippen LogP contribution in [-0.2, 0) is 20.7 Å². The molecule has 0 radical (unpaired) electrons. The second-order valence-corrected chi connectivity index (χ2v) is 8.68. The van der Waals surface area contributed by atoms with Gasteiger partial charge in [0, 0.05) is 23.6 Å². The van der Waals surface area contributed by atoms with Crippen molar-refractivity contribution in [3.8, 4) is 11.4 Å².